The van der Waals surface area contributed by atoms with E-state index >= 15 is 0 Å². The second-order valence-corrected chi connectivity index (χ2v) is 10.6. The predicted octanol–water partition coefficient (Wildman–Crippen LogP) is 3.08. The number of nitrogens with zero attached hydrogens (tertiary/aromatic N) is 2. The number of amides is 1. The van der Waals surface area contributed by atoms with Gasteiger partial charge in [0.2, 0.25) is 10.0 Å². The minimum Gasteiger partial charge on any atom is -0.489 e. The van der Waals surface area contributed by atoms with E-state index in [4.69, 9.17) is 18.7 Å². The first kappa shape index (κ1) is 27.3. The molecule has 0 aliphatic carbocycles. The number of carbonyl (C=O) groups excluding carboxylic acids is 2. The van der Waals surface area contributed by atoms with Crippen molar-refractivity contribution in [3.8, 4) is 5.75 Å². The summed E-state index contributed by atoms with van der Waals surface area (Å²) in [4.78, 5) is 25.2. The minimum atomic E-state index is -3.64. The molecule has 4 rings (SSSR count). The normalized spacial score (nSPS) is 15.0. The first-order valence-electron chi connectivity index (χ1n) is 12.0. The van der Waals surface area contributed by atoms with Crippen molar-refractivity contribution in [3.05, 3.63) is 71.1 Å². The molecular formula is C26H29N3O8S. The lowest BCUT2D eigenvalue weighted by atomic mass is 10.2. The summed E-state index contributed by atoms with van der Waals surface area (Å²) >= 11 is 0. The molecule has 0 bridgehead atoms. The van der Waals surface area contributed by atoms with Gasteiger partial charge in [-0.3, -0.25) is 4.79 Å². The molecule has 202 valence electrons. The average Bonchev–Trinajstić information content (AvgIpc) is 3.25. The highest BCUT2D eigenvalue weighted by Crippen LogP contribution is 2.21. The number of sulfonamides is 1. The molecule has 1 aliphatic rings. The number of morpholine rings is 1. The number of nitrogens with one attached hydrogen (secondary N) is 1. The second-order valence-electron chi connectivity index (χ2n) is 8.69. The molecule has 1 aliphatic heterocycles. The third-order valence-electron chi connectivity index (χ3n) is 6.04. The highest BCUT2D eigenvalue weighted by molar-refractivity contribution is 7.89. The number of esters is 1. The Bertz CT molecular complexity index is 1360. The van der Waals surface area contributed by atoms with Crippen molar-refractivity contribution in [1.82, 2.24) is 9.46 Å². The maximum atomic E-state index is 12.7. The first-order chi connectivity index (χ1) is 18.1. The molecule has 0 radical (unpaired) electrons. The van der Waals surface area contributed by atoms with Crippen LogP contribution in [0.25, 0.3) is 0 Å². The molecular weight excluding hydrogens is 514 g/mol. The minimum absolute atomic E-state index is 0.121. The molecule has 11 nitrogen and oxygen atoms in total. The lowest BCUT2D eigenvalue weighted by Crippen LogP contribution is -2.40. The molecule has 1 atom stereocenters. The van der Waals surface area contributed by atoms with Gasteiger partial charge in [-0.15, -0.1) is 0 Å². The number of hydrogen-bond acceptors (Lipinski definition) is 9. The van der Waals surface area contributed by atoms with Crippen LogP contribution in [0.5, 0.6) is 5.75 Å². The number of aromatic nitrogens is 1. The van der Waals surface area contributed by atoms with Crippen molar-refractivity contribution in [2.45, 2.75) is 38.4 Å². The summed E-state index contributed by atoms with van der Waals surface area (Å²) in [7, 11) is -3.64. The zero-order chi connectivity index (χ0) is 27.3. The Morgan fingerprint density at radius 3 is 2.32 bits per heavy atom. The van der Waals surface area contributed by atoms with Gasteiger partial charge in [-0.2, -0.15) is 4.31 Å². The quantitative estimate of drug-likeness (QED) is 0.404. The van der Waals surface area contributed by atoms with Crippen molar-refractivity contribution >= 4 is 27.6 Å². The Labute approximate surface area is 220 Å². The van der Waals surface area contributed by atoms with Crippen molar-refractivity contribution in [2.75, 3.05) is 31.6 Å². The van der Waals surface area contributed by atoms with Crippen LogP contribution in [0, 0.1) is 13.8 Å². The van der Waals surface area contributed by atoms with Crippen molar-refractivity contribution < 1.29 is 36.7 Å². The number of anilines is 1. The number of rotatable bonds is 9. The summed E-state index contributed by atoms with van der Waals surface area (Å²) < 4.78 is 48.2. The van der Waals surface area contributed by atoms with Crippen LogP contribution in [-0.2, 0) is 30.9 Å². The largest absolute Gasteiger partial charge is 0.489 e. The second kappa shape index (κ2) is 11.8. The van der Waals surface area contributed by atoms with E-state index in [1.54, 1.807) is 31.2 Å². The first-order valence-corrected chi connectivity index (χ1v) is 13.4. The van der Waals surface area contributed by atoms with Gasteiger partial charge in [0.25, 0.3) is 5.91 Å². The molecule has 1 N–H and O–H groups in total. The average molecular weight is 544 g/mol. The highest BCUT2D eigenvalue weighted by Gasteiger charge is 2.26. The van der Waals surface area contributed by atoms with Gasteiger partial charge < -0.3 is 24.1 Å². The topological polar surface area (TPSA) is 137 Å². The molecule has 0 saturated carbocycles. The predicted molar refractivity (Wildman–Crippen MR) is 136 cm³/mol. The van der Waals surface area contributed by atoms with Crippen molar-refractivity contribution in [1.29, 1.82) is 0 Å². The van der Waals surface area contributed by atoms with Gasteiger partial charge in [-0.25, -0.2) is 13.2 Å². The Hall–Kier alpha value is -3.74. The van der Waals surface area contributed by atoms with Crippen LogP contribution in [0.1, 0.15) is 34.3 Å². The zero-order valence-corrected chi connectivity index (χ0v) is 22.1. The fourth-order valence-electron chi connectivity index (χ4n) is 3.72. The number of hydrogen-bond donors (Lipinski definition) is 1. The van der Waals surface area contributed by atoms with Crippen LogP contribution < -0.4 is 10.1 Å². The van der Waals surface area contributed by atoms with E-state index in [1.807, 2.05) is 6.92 Å². The maximum Gasteiger partial charge on any atom is 0.338 e. The van der Waals surface area contributed by atoms with Crippen LogP contribution in [0.15, 0.2) is 57.9 Å². The van der Waals surface area contributed by atoms with Gasteiger partial charge in [0.15, 0.2) is 6.10 Å². The Balaban J connectivity index is 1.29. The van der Waals surface area contributed by atoms with Gasteiger partial charge >= 0.3 is 5.97 Å². The van der Waals surface area contributed by atoms with E-state index in [0.29, 0.717) is 43.5 Å². The summed E-state index contributed by atoms with van der Waals surface area (Å²) in [5.41, 5.74) is 2.25. The number of benzene rings is 2. The van der Waals surface area contributed by atoms with Gasteiger partial charge in [-0.05, 0) is 69.3 Å². The van der Waals surface area contributed by atoms with E-state index < -0.39 is 28.0 Å². The van der Waals surface area contributed by atoms with Gasteiger partial charge in [0.05, 0.1) is 34.9 Å². The van der Waals surface area contributed by atoms with Crippen LogP contribution in [0.3, 0.4) is 0 Å². The third-order valence-corrected chi connectivity index (χ3v) is 7.95. The summed E-state index contributed by atoms with van der Waals surface area (Å²) in [5.74, 6) is 0.00813. The molecule has 2 aromatic carbocycles. The fourth-order valence-corrected chi connectivity index (χ4v) is 5.13. The standard InChI is InChI=1S/C26H29N3O8S/c1-17-24(18(2)37-28-17)16-35-22-8-4-20(5-9-22)26(31)36-19(3)25(30)27-21-6-10-23(11-7-21)38(32,33)29-12-14-34-15-13-29/h4-11,19H,12-16H2,1-3H3,(H,27,30)/t19-/m0/s1. The molecule has 3 aromatic rings. The SMILES string of the molecule is Cc1noc(C)c1COc1ccc(C(=O)O[C@@H](C)C(=O)Nc2ccc(S(=O)(=O)N3CCOCC3)cc2)cc1. The molecule has 1 aromatic heterocycles. The molecule has 1 saturated heterocycles. The number of carbonyl (C=O) groups is 2. The van der Waals surface area contributed by atoms with Crippen LogP contribution in [0.2, 0.25) is 0 Å². The lowest BCUT2D eigenvalue weighted by Gasteiger charge is -2.26. The third kappa shape index (κ3) is 6.39. The van der Waals surface area contributed by atoms with Crippen LogP contribution in [-0.4, -0.2) is 62.2 Å². The van der Waals surface area contributed by atoms with E-state index in [1.165, 1.54) is 35.5 Å². The Morgan fingerprint density at radius 1 is 1.05 bits per heavy atom. The zero-order valence-electron chi connectivity index (χ0n) is 21.3. The molecule has 1 amide bonds. The van der Waals surface area contributed by atoms with Crippen molar-refractivity contribution in [2.24, 2.45) is 0 Å². The number of aryl methyl sites for hydroxylation is 2. The summed E-state index contributed by atoms with van der Waals surface area (Å²) in [6, 6.07) is 12.2. The van der Waals surface area contributed by atoms with Crippen LogP contribution in [0.4, 0.5) is 5.69 Å². The van der Waals surface area contributed by atoms with Crippen LogP contribution >= 0.6 is 0 Å². The maximum absolute atomic E-state index is 12.7. The smallest absolute Gasteiger partial charge is 0.338 e. The molecule has 1 fully saturated rings. The number of ether oxygens (including phenoxy) is 3. The molecule has 0 unspecified atom stereocenters. The van der Waals surface area contributed by atoms with Gasteiger partial charge in [-0.1, -0.05) is 5.16 Å². The highest BCUT2D eigenvalue weighted by atomic mass is 32.2. The fraction of sp³-hybridized carbons (Fsp3) is 0.346. The lowest BCUT2D eigenvalue weighted by molar-refractivity contribution is -0.123. The van der Waals surface area contributed by atoms with Gasteiger partial charge in [0, 0.05) is 18.8 Å². The molecule has 2 heterocycles. The Morgan fingerprint density at radius 2 is 1.71 bits per heavy atom. The van der Waals surface area contributed by atoms with E-state index in [9.17, 15) is 18.0 Å². The van der Waals surface area contributed by atoms with E-state index in [2.05, 4.69) is 10.5 Å². The molecule has 0 spiro atoms. The monoisotopic (exact) mass is 543 g/mol. The van der Waals surface area contributed by atoms with E-state index in [-0.39, 0.29) is 17.1 Å². The summed E-state index contributed by atoms with van der Waals surface area (Å²) in [6.45, 7) is 6.66. The summed E-state index contributed by atoms with van der Waals surface area (Å²) in [6.07, 6.45) is -1.09. The van der Waals surface area contributed by atoms with Gasteiger partial charge in [0.1, 0.15) is 18.1 Å². The Kier molecular flexibility index (Phi) is 8.45. The summed E-state index contributed by atoms with van der Waals surface area (Å²) in [5, 5.41) is 6.51. The molecule has 12 heteroatoms. The van der Waals surface area contributed by atoms with E-state index in [0.717, 1.165) is 11.3 Å². The van der Waals surface area contributed by atoms with Crippen molar-refractivity contribution in [3.63, 3.8) is 0 Å². The molecule has 38 heavy (non-hydrogen) atoms.